The zero-order valence-corrected chi connectivity index (χ0v) is 20.5. The van der Waals surface area contributed by atoms with E-state index in [0.717, 1.165) is 17.7 Å². The molecule has 5 rings (SSSR count). The molecule has 3 N–H and O–H groups in total. The van der Waals surface area contributed by atoms with Gasteiger partial charge in [-0.25, -0.2) is 9.97 Å². The topological polar surface area (TPSA) is 125 Å². The summed E-state index contributed by atoms with van der Waals surface area (Å²) in [6.45, 7) is 6.79. The normalized spacial score (nSPS) is 15.5. The summed E-state index contributed by atoms with van der Waals surface area (Å²) in [5.74, 6) is 1.29. The molecule has 1 saturated heterocycles. The number of piperidine rings is 1. The Morgan fingerprint density at radius 1 is 1.31 bits per heavy atom. The minimum atomic E-state index is -0.267. The molecule has 4 heterocycles. The lowest BCUT2D eigenvalue weighted by Crippen LogP contribution is -2.44. The molecule has 2 amide bonds. The fraction of sp³-hybridized carbons (Fsp3) is 0.240. The molecule has 1 aliphatic rings. The summed E-state index contributed by atoms with van der Waals surface area (Å²) in [4.78, 5) is 36.1. The van der Waals surface area contributed by atoms with Crippen LogP contribution in [0.15, 0.2) is 55.4 Å². The van der Waals surface area contributed by atoms with Crippen LogP contribution in [0.1, 0.15) is 28.1 Å². The lowest BCUT2D eigenvalue weighted by molar-refractivity contribution is -0.127. The van der Waals surface area contributed by atoms with E-state index in [1.165, 1.54) is 17.4 Å². The Bertz CT molecular complexity index is 1430. The average Bonchev–Trinajstić information content (AvgIpc) is 3.50. The van der Waals surface area contributed by atoms with E-state index in [-0.39, 0.29) is 17.9 Å². The summed E-state index contributed by atoms with van der Waals surface area (Å²) >= 11 is 1.41. The monoisotopic (exact) mass is 503 g/mol. The predicted molar refractivity (Wildman–Crippen MR) is 139 cm³/mol. The van der Waals surface area contributed by atoms with Crippen LogP contribution >= 0.6 is 11.3 Å². The smallest absolute Gasteiger partial charge is 0.257 e. The van der Waals surface area contributed by atoms with Gasteiger partial charge in [0, 0.05) is 48.0 Å². The number of pyridine rings is 1. The van der Waals surface area contributed by atoms with Gasteiger partial charge >= 0.3 is 0 Å². The Morgan fingerprint density at radius 3 is 3.00 bits per heavy atom. The van der Waals surface area contributed by atoms with Crippen LogP contribution < -0.4 is 15.4 Å². The molecular formula is C25H25N7O3S. The number of nitrogens with one attached hydrogen (secondary N) is 3. The number of aryl methyl sites for hydroxylation is 1. The van der Waals surface area contributed by atoms with E-state index in [1.54, 1.807) is 47.6 Å². The van der Waals surface area contributed by atoms with Gasteiger partial charge in [0.1, 0.15) is 16.9 Å². The van der Waals surface area contributed by atoms with Crippen LogP contribution in [0.4, 0.5) is 10.9 Å². The zero-order chi connectivity index (χ0) is 25.1. The maximum absolute atomic E-state index is 12.7. The number of H-pyrrole nitrogens is 1. The molecule has 4 aromatic rings. The Balaban J connectivity index is 1.35. The lowest BCUT2D eigenvalue weighted by atomic mass is 10.1. The van der Waals surface area contributed by atoms with Gasteiger partial charge in [0.25, 0.3) is 5.91 Å². The minimum absolute atomic E-state index is 0.0312. The maximum atomic E-state index is 12.7. The van der Waals surface area contributed by atoms with Gasteiger partial charge in [0.15, 0.2) is 16.6 Å². The number of ether oxygens (including phenoxy) is 1. The van der Waals surface area contributed by atoms with E-state index in [9.17, 15) is 9.59 Å². The van der Waals surface area contributed by atoms with E-state index in [4.69, 9.17) is 4.74 Å². The Labute approximate surface area is 211 Å². The van der Waals surface area contributed by atoms with E-state index < -0.39 is 0 Å². The molecule has 0 saturated carbocycles. The van der Waals surface area contributed by atoms with Gasteiger partial charge in [-0.05, 0) is 44.0 Å². The van der Waals surface area contributed by atoms with Crippen molar-refractivity contribution >= 4 is 45.1 Å². The molecule has 184 valence electrons. The standard InChI is InChI=1S/C25H25N7O3S/c1-3-20(33)32-11-5-7-17(14-32)28-23-21-19(9-10-26-22(21)30-31-23)35-18-8-4-6-16(12-18)24(34)29-25-27-13-15(2)36-25/h3-4,6,8-10,12-13,17H,1,5,7,11,14H2,2H3,(H,27,29,34)(H2,26,28,30,31)/t17-/m1/s1. The van der Waals surface area contributed by atoms with E-state index in [0.29, 0.717) is 52.1 Å². The number of rotatable bonds is 7. The lowest BCUT2D eigenvalue weighted by Gasteiger charge is -2.32. The first-order valence-corrected chi connectivity index (χ1v) is 12.3. The van der Waals surface area contributed by atoms with Crippen LogP contribution in [0.25, 0.3) is 11.0 Å². The highest BCUT2D eigenvalue weighted by molar-refractivity contribution is 7.15. The molecular weight excluding hydrogens is 478 g/mol. The second-order valence-corrected chi connectivity index (χ2v) is 9.67. The number of fused-ring (bicyclic) bond motifs is 1. The van der Waals surface area contributed by atoms with Crippen molar-refractivity contribution in [1.29, 1.82) is 0 Å². The van der Waals surface area contributed by atoms with Gasteiger partial charge in [-0.3, -0.25) is 20.0 Å². The van der Waals surface area contributed by atoms with Gasteiger partial charge < -0.3 is 15.0 Å². The van der Waals surface area contributed by atoms with Gasteiger partial charge in [0.2, 0.25) is 5.91 Å². The molecule has 10 nitrogen and oxygen atoms in total. The molecule has 3 aromatic heterocycles. The maximum Gasteiger partial charge on any atom is 0.257 e. The molecule has 0 aliphatic carbocycles. The Kier molecular flexibility index (Phi) is 6.63. The quantitative estimate of drug-likeness (QED) is 0.320. The van der Waals surface area contributed by atoms with Crippen LogP contribution in [-0.4, -0.2) is 56.0 Å². The summed E-state index contributed by atoms with van der Waals surface area (Å²) in [5, 5.41) is 14.8. The predicted octanol–water partition coefficient (Wildman–Crippen LogP) is 4.36. The summed E-state index contributed by atoms with van der Waals surface area (Å²) in [6, 6.07) is 8.72. The number of thiazole rings is 1. The summed E-state index contributed by atoms with van der Waals surface area (Å²) in [6.07, 6.45) is 6.48. The third kappa shape index (κ3) is 5.05. The third-order valence-corrected chi connectivity index (χ3v) is 6.67. The van der Waals surface area contributed by atoms with Crippen molar-refractivity contribution in [2.45, 2.75) is 25.8 Å². The number of anilines is 2. The average molecular weight is 504 g/mol. The molecule has 0 radical (unpaired) electrons. The number of carbonyl (C=O) groups is 2. The van der Waals surface area contributed by atoms with Crippen LogP contribution in [0, 0.1) is 6.92 Å². The molecule has 1 aromatic carbocycles. The zero-order valence-electron chi connectivity index (χ0n) is 19.7. The first kappa shape index (κ1) is 23.5. The van der Waals surface area contributed by atoms with E-state index >= 15 is 0 Å². The number of likely N-dealkylation sites (tertiary alicyclic amines) is 1. The molecule has 11 heteroatoms. The molecule has 0 unspecified atom stereocenters. The molecule has 0 bridgehead atoms. The van der Waals surface area contributed by atoms with E-state index in [2.05, 4.69) is 37.4 Å². The van der Waals surface area contributed by atoms with Crippen molar-refractivity contribution in [3.05, 3.63) is 65.8 Å². The first-order valence-electron chi connectivity index (χ1n) is 11.5. The molecule has 0 spiro atoms. The van der Waals surface area contributed by atoms with Crippen molar-refractivity contribution in [3.63, 3.8) is 0 Å². The van der Waals surface area contributed by atoms with Crippen molar-refractivity contribution < 1.29 is 14.3 Å². The second-order valence-electron chi connectivity index (χ2n) is 8.44. The largest absolute Gasteiger partial charge is 0.456 e. The molecule has 1 aliphatic heterocycles. The van der Waals surface area contributed by atoms with Crippen LogP contribution in [-0.2, 0) is 4.79 Å². The van der Waals surface area contributed by atoms with Crippen LogP contribution in [0.5, 0.6) is 11.5 Å². The van der Waals surface area contributed by atoms with Gasteiger partial charge in [0.05, 0.1) is 0 Å². The highest BCUT2D eigenvalue weighted by atomic mass is 32.1. The van der Waals surface area contributed by atoms with Crippen LogP contribution in [0.2, 0.25) is 0 Å². The third-order valence-electron chi connectivity index (χ3n) is 5.84. The van der Waals surface area contributed by atoms with Gasteiger partial charge in [-0.2, -0.15) is 5.10 Å². The number of amides is 2. The SMILES string of the molecule is C=CC(=O)N1CCC[C@@H](Nc2n[nH]c3nccc(Oc4cccc(C(=O)Nc5ncc(C)s5)c4)c23)C1. The summed E-state index contributed by atoms with van der Waals surface area (Å²) in [7, 11) is 0. The van der Waals surface area contributed by atoms with Crippen molar-refractivity contribution in [1.82, 2.24) is 25.1 Å². The van der Waals surface area contributed by atoms with Crippen molar-refractivity contribution in [2.24, 2.45) is 0 Å². The first-order chi connectivity index (χ1) is 17.5. The second kappa shape index (κ2) is 10.2. The minimum Gasteiger partial charge on any atom is -0.456 e. The number of aromatic nitrogens is 4. The highest BCUT2D eigenvalue weighted by Gasteiger charge is 2.24. The summed E-state index contributed by atoms with van der Waals surface area (Å²) < 4.78 is 6.19. The number of hydrogen-bond acceptors (Lipinski definition) is 8. The molecule has 1 fully saturated rings. The highest BCUT2D eigenvalue weighted by Crippen LogP contribution is 2.34. The molecule has 1 atom stereocenters. The summed E-state index contributed by atoms with van der Waals surface area (Å²) in [5.41, 5.74) is 1.02. The number of aromatic amines is 1. The fourth-order valence-corrected chi connectivity index (χ4v) is 4.80. The van der Waals surface area contributed by atoms with E-state index in [1.807, 2.05) is 6.92 Å². The Hall–Kier alpha value is -4.25. The van der Waals surface area contributed by atoms with Gasteiger partial charge in [-0.15, -0.1) is 11.3 Å². The van der Waals surface area contributed by atoms with Crippen molar-refractivity contribution in [2.75, 3.05) is 23.7 Å². The number of benzene rings is 1. The Morgan fingerprint density at radius 2 is 2.19 bits per heavy atom. The van der Waals surface area contributed by atoms with Crippen molar-refractivity contribution in [3.8, 4) is 11.5 Å². The van der Waals surface area contributed by atoms with Crippen LogP contribution in [0.3, 0.4) is 0 Å². The number of nitrogens with zero attached hydrogens (tertiary/aromatic N) is 4. The molecule has 36 heavy (non-hydrogen) atoms. The fourth-order valence-electron chi connectivity index (χ4n) is 4.14. The number of hydrogen-bond donors (Lipinski definition) is 3. The van der Waals surface area contributed by atoms with Gasteiger partial charge in [-0.1, -0.05) is 12.6 Å². The number of carbonyl (C=O) groups excluding carboxylic acids is 2.